The third-order valence-corrected chi connectivity index (χ3v) is 4.96. The number of halogens is 2. The number of hydrogen-bond donors (Lipinski definition) is 0. The lowest BCUT2D eigenvalue weighted by Gasteiger charge is -2.09. The Labute approximate surface area is 107 Å². The van der Waals surface area contributed by atoms with Crippen LogP contribution in [0.2, 0.25) is 0 Å². The fourth-order valence-electron chi connectivity index (χ4n) is 3.59. The molecule has 1 aromatic rings. The van der Waals surface area contributed by atoms with Gasteiger partial charge in [0.05, 0.1) is 0 Å². The summed E-state index contributed by atoms with van der Waals surface area (Å²) in [6, 6.07) is 7.01. The summed E-state index contributed by atoms with van der Waals surface area (Å²) in [5.74, 6) is 2.23. The maximum absolute atomic E-state index is 13.5. The minimum Gasteiger partial charge on any atom is -0.207 e. The number of benzene rings is 1. The largest absolute Gasteiger partial charge is 0.207 e. The van der Waals surface area contributed by atoms with Crippen LogP contribution in [-0.2, 0) is 6.42 Å². The van der Waals surface area contributed by atoms with Crippen molar-refractivity contribution in [2.24, 2.45) is 17.8 Å². The zero-order valence-corrected chi connectivity index (χ0v) is 10.7. The molecule has 2 fully saturated rings. The Morgan fingerprint density at radius 1 is 1.18 bits per heavy atom. The van der Waals surface area contributed by atoms with Gasteiger partial charge in [0.2, 0.25) is 0 Å². The molecule has 2 aliphatic rings. The zero-order chi connectivity index (χ0) is 11.8. The van der Waals surface area contributed by atoms with Crippen molar-refractivity contribution in [3.63, 3.8) is 0 Å². The van der Waals surface area contributed by atoms with Crippen molar-refractivity contribution in [2.45, 2.75) is 37.5 Å². The van der Waals surface area contributed by atoms with Gasteiger partial charge in [0.1, 0.15) is 5.82 Å². The van der Waals surface area contributed by atoms with E-state index in [0.29, 0.717) is 12.3 Å². The van der Waals surface area contributed by atoms with Crippen LogP contribution in [0.1, 0.15) is 31.2 Å². The number of fused-ring (bicyclic) bond motifs is 1. The summed E-state index contributed by atoms with van der Waals surface area (Å²) >= 11 is 6.49. The summed E-state index contributed by atoms with van der Waals surface area (Å²) in [5.41, 5.74) is 0.774. The lowest BCUT2D eigenvalue weighted by Crippen LogP contribution is -2.09. The monoisotopic (exact) mass is 252 g/mol. The average Bonchev–Trinajstić information content (AvgIpc) is 3.06. The van der Waals surface area contributed by atoms with Crippen molar-refractivity contribution in [3.8, 4) is 0 Å². The molecule has 0 saturated heterocycles. The number of hydrogen-bond acceptors (Lipinski definition) is 0. The van der Waals surface area contributed by atoms with E-state index in [-0.39, 0.29) is 11.2 Å². The van der Waals surface area contributed by atoms with Crippen LogP contribution in [0, 0.1) is 23.6 Å². The molecule has 1 aromatic carbocycles. The third kappa shape index (κ3) is 2.22. The van der Waals surface area contributed by atoms with E-state index in [1.165, 1.54) is 31.7 Å². The van der Waals surface area contributed by atoms with Gasteiger partial charge in [-0.05, 0) is 48.6 Å². The second-order valence-corrected chi connectivity index (χ2v) is 6.06. The lowest BCUT2D eigenvalue weighted by molar-refractivity contribution is 0.480. The quantitative estimate of drug-likeness (QED) is 0.699. The van der Waals surface area contributed by atoms with E-state index in [4.69, 9.17) is 11.6 Å². The smallest absolute Gasteiger partial charge is 0.126 e. The third-order valence-electron chi connectivity index (χ3n) is 4.51. The van der Waals surface area contributed by atoms with Crippen LogP contribution in [0.4, 0.5) is 4.39 Å². The molecule has 0 aromatic heterocycles. The minimum atomic E-state index is -0.109. The van der Waals surface area contributed by atoms with E-state index in [1.54, 1.807) is 6.07 Å². The molecule has 0 spiro atoms. The molecule has 0 N–H and O–H groups in total. The highest BCUT2D eigenvalue weighted by Gasteiger charge is 2.53. The number of alkyl halides is 1. The van der Waals surface area contributed by atoms with Gasteiger partial charge in [0.25, 0.3) is 0 Å². The highest BCUT2D eigenvalue weighted by atomic mass is 35.5. The Kier molecular flexibility index (Phi) is 3.12. The summed E-state index contributed by atoms with van der Waals surface area (Å²) < 4.78 is 13.5. The molecule has 3 atom stereocenters. The fraction of sp³-hybridized carbons (Fsp3) is 0.600. The van der Waals surface area contributed by atoms with Crippen molar-refractivity contribution in [2.75, 3.05) is 0 Å². The van der Waals surface area contributed by atoms with Crippen LogP contribution >= 0.6 is 11.6 Å². The van der Waals surface area contributed by atoms with Gasteiger partial charge in [0, 0.05) is 5.38 Å². The molecule has 3 rings (SSSR count). The van der Waals surface area contributed by atoms with Crippen LogP contribution < -0.4 is 0 Å². The molecular weight excluding hydrogens is 235 g/mol. The Balaban J connectivity index is 1.64. The van der Waals surface area contributed by atoms with Crippen molar-refractivity contribution >= 4 is 11.6 Å². The van der Waals surface area contributed by atoms with Gasteiger partial charge in [-0.2, -0.15) is 0 Å². The summed E-state index contributed by atoms with van der Waals surface area (Å²) in [7, 11) is 0. The van der Waals surface area contributed by atoms with Crippen molar-refractivity contribution in [3.05, 3.63) is 35.6 Å². The van der Waals surface area contributed by atoms with Crippen LogP contribution in [0.5, 0.6) is 0 Å². The normalized spacial score (nSPS) is 32.9. The number of rotatable bonds is 3. The van der Waals surface area contributed by atoms with Gasteiger partial charge in [-0.25, -0.2) is 4.39 Å². The second kappa shape index (κ2) is 4.61. The summed E-state index contributed by atoms with van der Waals surface area (Å²) in [6.07, 6.45) is 6.10. The maximum atomic E-state index is 13.5. The average molecular weight is 253 g/mol. The Hall–Kier alpha value is -0.560. The van der Waals surface area contributed by atoms with Crippen LogP contribution in [0.3, 0.4) is 0 Å². The Morgan fingerprint density at radius 2 is 1.82 bits per heavy atom. The van der Waals surface area contributed by atoms with Crippen molar-refractivity contribution in [1.29, 1.82) is 0 Å². The molecule has 3 unspecified atom stereocenters. The van der Waals surface area contributed by atoms with Crippen molar-refractivity contribution < 1.29 is 4.39 Å². The SMILES string of the molecule is Fc1ccccc1CC(Cl)C1C2CCCCC21. The van der Waals surface area contributed by atoms with E-state index in [1.807, 2.05) is 12.1 Å². The lowest BCUT2D eigenvalue weighted by atomic mass is 10.0. The van der Waals surface area contributed by atoms with Crippen LogP contribution in [0.25, 0.3) is 0 Å². The summed E-state index contributed by atoms with van der Waals surface area (Å²) in [4.78, 5) is 0. The highest BCUT2D eigenvalue weighted by Crippen LogP contribution is 2.58. The van der Waals surface area contributed by atoms with Crippen LogP contribution in [-0.4, -0.2) is 5.38 Å². The molecule has 0 amide bonds. The van der Waals surface area contributed by atoms with Crippen molar-refractivity contribution in [1.82, 2.24) is 0 Å². The fourth-order valence-corrected chi connectivity index (χ4v) is 4.13. The molecule has 2 heteroatoms. The molecule has 17 heavy (non-hydrogen) atoms. The molecule has 0 bridgehead atoms. The predicted molar refractivity (Wildman–Crippen MR) is 68.7 cm³/mol. The zero-order valence-electron chi connectivity index (χ0n) is 9.91. The summed E-state index contributed by atoms with van der Waals surface area (Å²) in [6.45, 7) is 0. The molecular formula is C15H18ClF. The van der Waals surface area contributed by atoms with E-state index in [2.05, 4.69) is 0 Å². The molecule has 2 aliphatic carbocycles. The maximum Gasteiger partial charge on any atom is 0.126 e. The van der Waals surface area contributed by atoms with Crippen LogP contribution in [0.15, 0.2) is 24.3 Å². The summed E-state index contributed by atoms with van der Waals surface area (Å²) in [5, 5.41) is 0.125. The highest BCUT2D eigenvalue weighted by molar-refractivity contribution is 6.21. The van der Waals surface area contributed by atoms with Gasteiger partial charge in [0.15, 0.2) is 0 Å². The molecule has 0 radical (unpaired) electrons. The van der Waals surface area contributed by atoms with Gasteiger partial charge >= 0.3 is 0 Å². The first-order valence-electron chi connectivity index (χ1n) is 6.65. The van der Waals surface area contributed by atoms with E-state index < -0.39 is 0 Å². The van der Waals surface area contributed by atoms with E-state index in [9.17, 15) is 4.39 Å². The van der Waals surface area contributed by atoms with Gasteiger partial charge in [-0.15, -0.1) is 11.6 Å². The molecule has 0 aliphatic heterocycles. The first-order chi connectivity index (χ1) is 8.27. The van der Waals surface area contributed by atoms with Gasteiger partial charge in [-0.1, -0.05) is 31.0 Å². The molecule has 0 nitrogen and oxygen atoms in total. The van der Waals surface area contributed by atoms with E-state index >= 15 is 0 Å². The Morgan fingerprint density at radius 3 is 2.47 bits per heavy atom. The van der Waals surface area contributed by atoms with Gasteiger partial charge in [-0.3, -0.25) is 0 Å². The molecule has 0 heterocycles. The topological polar surface area (TPSA) is 0 Å². The standard InChI is InChI=1S/C15H18ClF/c16-13(9-10-5-1-4-8-14(10)17)15-11-6-2-3-7-12(11)15/h1,4-5,8,11-13,15H,2-3,6-7,9H2. The van der Waals surface area contributed by atoms with E-state index in [0.717, 1.165) is 17.4 Å². The molecule has 92 valence electrons. The Bertz CT molecular complexity index is 392. The van der Waals surface area contributed by atoms with Gasteiger partial charge < -0.3 is 0 Å². The first-order valence-corrected chi connectivity index (χ1v) is 7.08. The predicted octanol–water partition coefficient (Wildman–Crippen LogP) is 4.41. The molecule has 2 saturated carbocycles. The first kappa shape index (κ1) is 11.5. The second-order valence-electron chi connectivity index (χ2n) is 5.50. The minimum absolute atomic E-state index is 0.109.